The number of hydrogen-bond acceptors (Lipinski definition) is 3. The number of aryl methyl sites for hydroxylation is 2. The lowest BCUT2D eigenvalue weighted by Gasteiger charge is -2.14. The van der Waals surface area contributed by atoms with Crippen LogP contribution in [0, 0.1) is 20.8 Å². The van der Waals surface area contributed by atoms with Crippen LogP contribution in [-0.2, 0) is 11.3 Å². The van der Waals surface area contributed by atoms with Crippen LogP contribution in [-0.4, -0.2) is 20.6 Å². The second kappa shape index (κ2) is 9.43. The molecule has 0 bridgehead atoms. The summed E-state index contributed by atoms with van der Waals surface area (Å²) in [4.78, 5) is 27.5. The second-order valence-corrected chi connectivity index (χ2v) is 9.76. The lowest BCUT2D eigenvalue weighted by Crippen LogP contribution is -2.27. The minimum atomic E-state index is -0.236. The molecule has 174 valence electrons. The zero-order valence-corrected chi connectivity index (χ0v) is 20.8. The van der Waals surface area contributed by atoms with Gasteiger partial charge in [-0.3, -0.25) is 14.5 Å². The molecular formula is C30H26N2O2S. The van der Waals surface area contributed by atoms with Crippen LogP contribution in [0.5, 0.6) is 0 Å². The van der Waals surface area contributed by atoms with Crippen LogP contribution in [0.3, 0.4) is 0 Å². The quantitative estimate of drug-likeness (QED) is 0.283. The number of nitrogens with zero attached hydrogens (tertiary/aromatic N) is 2. The van der Waals surface area contributed by atoms with Crippen molar-refractivity contribution < 1.29 is 9.59 Å². The number of amides is 2. The molecule has 1 fully saturated rings. The molecule has 0 radical (unpaired) electrons. The van der Waals surface area contributed by atoms with E-state index >= 15 is 0 Å². The van der Waals surface area contributed by atoms with E-state index in [1.807, 2.05) is 62.4 Å². The molecule has 0 aliphatic carbocycles. The molecule has 0 saturated carbocycles. The third-order valence-corrected chi connectivity index (χ3v) is 7.36. The van der Waals surface area contributed by atoms with E-state index < -0.39 is 0 Å². The lowest BCUT2D eigenvalue weighted by atomic mass is 10.1. The summed E-state index contributed by atoms with van der Waals surface area (Å²) in [5, 5.41) is -0.227. The Labute approximate surface area is 209 Å². The highest BCUT2D eigenvalue weighted by atomic mass is 32.2. The maximum Gasteiger partial charge on any atom is 0.293 e. The van der Waals surface area contributed by atoms with Gasteiger partial charge < -0.3 is 4.57 Å². The molecule has 0 unspecified atom stereocenters. The fraction of sp³-hybridized carbons (Fsp3) is 0.133. The number of benzene rings is 3. The van der Waals surface area contributed by atoms with Gasteiger partial charge in [-0.1, -0.05) is 66.7 Å². The molecule has 2 heterocycles. The molecular weight excluding hydrogens is 452 g/mol. The molecule has 5 heteroatoms. The van der Waals surface area contributed by atoms with E-state index in [9.17, 15) is 9.59 Å². The van der Waals surface area contributed by atoms with E-state index in [2.05, 4.69) is 54.0 Å². The van der Waals surface area contributed by atoms with Gasteiger partial charge in [0.2, 0.25) is 0 Å². The average Bonchev–Trinajstić information content (AvgIpc) is 3.30. The molecule has 5 rings (SSSR count). The molecule has 1 aliphatic rings. The predicted molar refractivity (Wildman–Crippen MR) is 143 cm³/mol. The first-order chi connectivity index (χ1) is 16.9. The zero-order chi connectivity index (χ0) is 24.5. The molecule has 2 amide bonds. The third-order valence-electron chi connectivity index (χ3n) is 6.45. The molecule has 1 saturated heterocycles. The van der Waals surface area contributed by atoms with E-state index in [-0.39, 0.29) is 11.1 Å². The summed E-state index contributed by atoms with van der Waals surface area (Å²) < 4.78 is 2.18. The molecule has 0 spiro atoms. The van der Waals surface area contributed by atoms with Crippen molar-refractivity contribution in [3.63, 3.8) is 0 Å². The van der Waals surface area contributed by atoms with Gasteiger partial charge in [0.15, 0.2) is 0 Å². The minimum absolute atomic E-state index is 0.227. The van der Waals surface area contributed by atoms with Crippen LogP contribution in [0.1, 0.15) is 28.1 Å². The van der Waals surface area contributed by atoms with E-state index in [4.69, 9.17) is 0 Å². The number of imide groups is 1. The first kappa shape index (κ1) is 22.9. The Balaban J connectivity index is 1.41. The average molecular weight is 479 g/mol. The van der Waals surface area contributed by atoms with Crippen LogP contribution >= 0.6 is 11.8 Å². The van der Waals surface area contributed by atoms with Crippen molar-refractivity contribution in [1.82, 2.24) is 9.47 Å². The van der Waals surface area contributed by atoms with Crippen molar-refractivity contribution in [2.24, 2.45) is 0 Å². The van der Waals surface area contributed by atoms with Gasteiger partial charge in [-0.05, 0) is 84.6 Å². The SMILES string of the molecule is Cc1ccccc1CN1C(=O)S/C(=C\c2cc(C)n(-c3ccc(-c4ccccc4)cc3)c2C)C1=O. The predicted octanol–water partition coefficient (Wildman–Crippen LogP) is 7.31. The van der Waals surface area contributed by atoms with Crippen molar-refractivity contribution in [1.29, 1.82) is 0 Å². The number of carbonyl (C=O) groups excluding carboxylic acids is 2. The summed E-state index contributed by atoms with van der Waals surface area (Å²) in [6, 6.07) is 28.7. The van der Waals surface area contributed by atoms with Gasteiger partial charge >= 0.3 is 0 Å². The fourth-order valence-corrected chi connectivity index (χ4v) is 5.33. The van der Waals surface area contributed by atoms with Crippen LogP contribution < -0.4 is 0 Å². The van der Waals surface area contributed by atoms with Crippen molar-refractivity contribution in [3.8, 4) is 16.8 Å². The van der Waals surface area contributed by atoms with Crippen molar-refractivity contribution in [3.05, 3.63) is 118 Å². The summed E-state index contributed by atoms with van der Waals surface area (Å²) >= 11 is 1.01. The van der Waals surface area contributed by atoms with Gasteiger partial charge in [-0.15, -0.1) is 0 Å². The first-order valence-electron chi connectivity index (χ1n) is 11.6. The van der Waals surface area contributed by atoms with Crippen molar-refractivity contribution in [2.75, 3.05) is 0 Å². The maximum atomic E-state index is 13.1. The summed E-state index contributed by atoms with van der Waals surface area (Å²) in [5.41, 5.74) is 8.50. The standard InChI is InChI=1S/C30H26N2O2S/c1-20-9-7-8-12-25(20)19-31-29(33)28(35-30(31)34)18-26-17-21(2)32(22(26)3)27-15-13-24(14-16-27)23-10-5-4-6-11-23/h4-18H,19H2,1-3H3/b28-18-. The van der Waals surface area contributed by atoms with Gasteiger partial charge in [0.25, 0.3) is 11.1 Å². The number of thioether (sulfide) groups is 1. The largest absolute Gasteiger partial charge is 0.318 e. The molecule has 4 aromatic rings. The molecule has 35 heavy (non-hydrogen) atoms. The van der Waals surface area contributed by atoms with E-state index in [1.165, 1.54) is 16.0 Å². The highest BCUT2D eigenvalue weighted by molar-refractivity contribution is 8.18. The lowest BCUT2D eigenvalue weighted by molar-refractivity contribution is -0.123. The van der Waals surface area contributed by atoms with Gasteiger partial charge in [0.1, 0.15) is 0 Å². The molecule has 0 N–H and O–H groups in total. The molecule has 0 atom stereocenters. The van der Waals surface area contributed by atoms with Gasteiger partial charge in [0, 0.05) is 17.1 Å². The fourth-order valence-electron chi connectivity index (χ4n) is 4.50. The number of rotatable bonds is 5. The minimum Gasteiger partial charge on any atom is -0.318 e. The molecule has 3 aromatic carbocycles. The molecule has 1 aliphatic heterocycles. The Morgan fingerprint density at radius 2 is 1.46 bits per heavy atom. The van der Waals surface area contributed by atoms with E-state index in [0.717, 1.165) is 45.5 Å². The van der Waals surface area contributed by atoms with Crippen LogP contribution in [0.4, 0.5) is 4.79 Å². The van der Waals surface area contributed by atoms with E-state index in [1.54, 1.807) is 0 Å². The van der Waals surface area contributed by atoms with Crippen LogP contribution in [0.2, 0.25) is 0 Å². The monoisotopic (exact) mass is 478 g/mol. The Kier molecular flexibility index (Phi) is 6.18. The first-order valence-corrected chi connectivity index (χ1v) is 12.4. The normalized spacial score (nSPS) is 14.8. The number of aromatic nitrogens is 1. The van der Waals surface area contributed by atoms with Gasteiger partial charge in [0.05, 0.1) is 11.4 Å². The van der Waals surface area contributed by atoms with Crippen LogP contribution in [0.15, 0.2) is 89.8 Å². The van der Waals surface area contributed by atoms with Gasteiger partial charge in [-0.25, -0.2) is 0 Å². The maximum absolute atomic E-state index is 13.1. The van der Waals surface area contributed by atoms with Crippen molar-refractivity contribution in [2.45, 2.75) is 27.3 Å². The van der Waals surface area contributed by atoms with Gasteiger partial charge in [-0.2, -0.15) is 0 Å². The summed E-state index contributed by atoms with van der Waals surface area (Å²) in [6.45, 7) is 6.38. The Morgan fingerprint density at radius 1 is 0.800 bits per heavy atom. The highest BCUT2D eigenvalue weighted by Crippen LogP contribution is 2.35. The third kappa shape index (κ3) is 4.47. The smallest absolute Gasteiger partial charge is 0.293 e. The Morgan fingerprint density at radius 3 is 2.17 bits per heavy atom. The number of hydrogen-bond donors (Lipinski definition) is 0. The summed E-state index contributed by atoms with van der Waals surface area (Å²) in [5.74, 6) is -0.236. The Hall–Kier alpha value is -3.83. The zero-order valence-electron chi connectivity index (χ0n) is 20.0. The molecule has 1 aromatic heterocycles. The van der Waals surface area contributed by atoms with Crippen molar-refractivity contribution >= 4 is 29.0 Å². The summed E-state index contributed by atoms with van der Waals surface area (Å²) in [7, 11) is 0. The number of carbonyl (C=O) groups is 2. The second-order valence-electron chi connectivity index (χ2n) is 8.77. The van der Waals surface area contributed by atoms with Crippen LogP contribution in [0.25, 0.3) is 22.9 Å². The Bertz CT molecular complexity index is 1450. The molecule has 4 nitrogen and oxygen atoms in total. The van der Waals surface area contributed by atoms with E-state index in [0.29, 0.717) is 11.4 Å². The topological polar surface area (TPSA) is 42.3 Å². The summed E-state index contributed by atoms with van der Waals surface area (Å²) in [6.07, 6.45) is 1.85. The highest BCUT2D eigenvalue weighted by Gasteiger charge is 2.35.